The van der Waals surface area contributed by atoms with Gasteiger partial charge in [0.2, 0.25) is 5.91 Å². The number of hydrogen-bond donors (Lipinski definition) is 1. The minimum absolute atomic E-state index is 0.0856. The van der Waals surface area contributed by atoms with Gasteiger partial charge in [-0.15, -0.1) is 0 Å². The van der Waals surface area contributed by atoms with Gasteiger partial charge in [0.15, 0.2) is 0 Å². The summed E-state index contributed by atoms with van der Waals surface area (Å²) in [5.74, 6) is 0.0856. The maximum absolute atomic E-state index is 12.8. The average molecular weight is 347 g/mol. The predicted molar refractivity (Wildman–Crippen MR) is 102 cm³/mol. The topological polar surface area (TPSA) is 63.1 Å². The molecule has 6 nitrogen and oxygen atoms in total. The molecule has 1 N–H and O–H groups in total. The van der Waals surface area contributed by atoms with Crippen LogP contribution in [0.1, 0.15) is 18.9 Å². The fourth-order valence-electron chi connectivity index (χ4n) is 3.39. The summed E-state index contributed by atoms with van der Waals surface area (Å²) < 4.78 is 0. The molecule has 1 aromatic heterocycles. The number of nitrogens with one attached hydrogen (secondary N) is 1. The Bertz CT molecular complexity index is 889. The van der Waals surface area contributed by atoms with Gasteiger partial charge in [-0.25, -0.2) is 0 Å². The summed E-state index contributed by atoms with van der Waals surface area (Å²) in [6.07, 6.45) is 5.30. The molecule has 0 saturated heterocycles. The SMILES string of the molecule is C[C@@H]1CCc2ccccc2N1C(=O)CNc1ccc(-n2nccn2)cc1. The lowest BCUT2D eigenvalue weighted by Gasteiger charge is -2.35. The summed E-state index contributed by atoms with van der Waals surface area (Å²) in [6.45, 7) is 2.37. The van der Waals surface area contributed by atoms with Crippen LogP contribution in [0.15, 0.2) is 60.9 Å². The summed E-state index contributed by atoms with van der Waals surface area (Å²) in [6, 6.07) is 16.1. The number of aryl methyl sites for hydroxylation is 1. The Kier molecular flexibility index (Phi) is 4.39. The zero-order valence-electron chi connectivity index (χ0n) is 14.7. The number of carbonyl (C=O) groups excluding carboxylic acids is 1. The van der Waals surface area contributed by atoms with E-state index in [1.165, 1.54) is 5.56 Å². The molecule has 1 aliphatic heterocycles. The van der Waals surface area contributed by atoms with Crippen molar-refractivity contribution in [3.8, 4) is 5.69 Å². The molecule has 2 heterocycles. The molecule has 0 aliphatic carbocycles. The van der Waals surface area contributed by atoms with Gasteiger partial charge < -0.3 is 10.2 Å². The van der Waals surface area contributed by atoms with Crippen LogP contribution >= 0.6 is 0 Å². The predicted octanol–water partition coefficient (Wildman–Crippen LogP) is 3.05. The second-order valence-electron chi connectivity index (χ2n) is 6.50. The van der Waals surface area contributed by atoms with Gasteiger partial charge in [-0.2, -0.15) is 15.0 Å². The number of carbonyl (C=O) groups is 1. The first-order chi connectivity index (χ1) is 12.7. The van der Waals surface area contributed by atoms with E-state index in [0.29, 0.717) is 0 Å². The number of nitrogens with zero attached hydrogens (tertiary/aromatic N) is 4. The lowest BCUT2D eigenvalue weighted by molar-refractivity contribution is -0.117. The number of fused-ring (bicyclic) bond motifs is 1. The molecule has 0 unspecified atom stereocenters. The van der Waals surface area contributed by atoms with Gasteiger partial charge in [0.25, 0.3) is 0 Å². The summed E-state index contributed by atoms with van der Waals surface area (Å²) in [5.41, 5.74) is 4.06. The molecule has 1 atom stereocenters. The zero-order chi connectivity index (χ0) is 17.9. The second-order valence-corrected chi connectivity index (χ2v) is 6.50. The van der Waals surface area contributed by atoms with Crippen LogP contribution in [0.2, 0.25) is 0 Å². The molecule has 0 spiro atoms. The van der Waals surface area contributed by atoms with E-state index < -0.39 is 0 Å². The first-order valence-corrected chi connectivity index (χ1v) is 8.83. The monoisotopic (exact) mass is 347 g/mol. The number of benzene rings is 2. The van der Waals surface area contributed by atoms with E-state index in [1.54, 1.807) is 17.2 Å². The summed E-state index contributed by atoms with van der Waals surface area (Å²) in [4.78, 5) is 16.3. The van der Waals surface area contributed by atoms with Crippen molar-refractivity contribution in [3.63, 3.8) is 0 Å². The third-order valence-corrected chi connectivity index (χ3v) is 4.75. The highest BCUT2D eigenvalue weighted by molar-refractivity contribution is 5.97. The number of aromatic nitrogens is 3. The van der Waals surface area contributed by atoms with Gasteiger partial charge >= 0.3 is 0 Å². The van der Waals surface area contributed by atoms with E-state index >= 15 is 0 Å². The van der Waals surface area contributed by atoms with Crippen molar-refractivity contribution in [1.82, 2.24) is 15.0 Å². The standard InChI is InChI=1S/C20H21N5O/c1-15-6-7-16-4-2-3-5-19(16)24(15)20(26)14-21-17-8-10-18(11-9-17)25-22-12-13-23-25/h2-5,8-13,15,21H,6-7,14H2,1H3/t15-/m1/s1. The quantitative estimate of drug-likeness (QED) is 0.788. The number of amides is 1. The highest BCUT2D eigenvalue weighted by atomic mass is 16.2. The zero-order valence-corrected chi connectivity index (χ0v) is 14.7. The van der Waals surface area contributed by atoms with Crippen molar-refractivity contribution in [3.05, 3.63) is 66.5 Å². The molecule has 0 saturated carbocycles. The molecule has 1 aliphatic rings. The smallest absolute Gasteiger partial charge is 0.246 e. The van der Waals surface area contributed by atoms with Crippen LogP contribution in [0, 0.1) is 0 Å². The van der Waals surface area contributed by atoms with Gasteiger partial charge in [0, 0.05) is 17.4 Å². The van der Waals surface area contributed by atoms with Crippen molar-refractivity contribution >= 4 is 17.3 Å². The van der Waals surface area contributed by atoms with E-state index in [-0.39, 0.29) is 18.5 Å². The Morgan fingerprint density at radius 1 is 1.12 bits per heavy atom. The summed E-state index contributed by atoms with van der Waals surface area (Å²) in [5, 5.41) is 11.4. The van der Waals surface area contributed by atoms with Gasteiger partial charge in [0.1, 0.15) is 0 Å². The second kappa shape index (κ2) is 7.00. The molecule has 1 amide bonds. The molecule has 0 radical (unpaired) electrons. The molecule has 0 fully saturated rings. The third kappa shape index (κ3) is 3.18. The Labute approximate surface area is 152 Å². The fourth-order valence-corrected chi connectivity index (χ4v) is 3.39. The van der Waals surface area contributed by atoms with Crippen LogP contribution in [-0.2, 0) is 11.2 Å². The number of anilines is 2. The molecule has 3 aromatic rings. The minimum Gasteiger partial charge on any atom is -0.376 e. The largest absolute Gasteiger partial charge is 0.376 e. The Balaban J connectivity index is 1.44. The van der Waals surface area contributed by atoms with Crippen LogP contribution in [0.3, 0.4) is 0 Å². The van der Waals surface area contributed by atoms with Crippen molar-refractivity contribution in [2.75, 3.05) is 16.8 Å². The van der Waals surface area contributed by atoms with Crippen LogP contribution in [0.5, 0.6) is 0 Å². The maximum Gasteiger partial charge on any atom is 0.246 e. The first-order valence-electron chi connectivity index (χ1n) is 8.83. The van der Waals surface area contributed by atoms with Crippen molar-refractivity contribution in [2.24, 2.45) is 0 Å². The van der Waals surface area contributed by atoms with Crippen LogP contribution < -0.4 is 10.2 Å². The molecule has 26 heavy (non-hydrogen) atoms. The van der Waals surface area contributed by atoms with E-state index in [0.717, 1.165) is 29.9 Å². The number of rotatable bonds is 4. The highest BCUT2D eigenvalue weighted by Crippen LogP contribution is 2.30. The van der Waals surface area contributed by atoms with Crippen LogP contribution in [0.25, 0.3) is 5.69 Å². The van der Waals surface area contributed by atoms with Crippen LogP contribution in [-0.4, -0.2) is 33.5 Å². The number of para-hydroxylation sites is 1. The summed E-state index contributed by atoms with van der Waals surface area (Å²) in [7, 11) is 0. The Hall–Kier alpha value is -3.15. The molecule has 2 aromatic carbocycles. The van der Waals surface area contributed by atoms with E-state index in [1.807, 2.05) is 47.4 Å². The van der Waals surface area contributed by atoms with Crippen molar-refractivity contribution < 1.29 is 4.79 Å². The minimum atomic E-state index is 0.0856. The fraction of sp³-hybridized carbons (Fsp3) is 0.250. The molecule has 0 bridgehead atoms. The normalized spacial score (nSPS) is 16.2. The van der Waals surface area contributed by atoms with Gasteiger partial charge in [-0.1, -0.05) is 18.2 Å². The molecular weight excluding hydrogens is 326 g/mol. The maximum atomic E-state index is 12.8. The third-order valence-electron chi connectivity index (χ3n) is 4.75. The lowest BCUT2D eigenvalue weighted by atomic mass is 9.96. The van der Waals surface area contributed by atoms with Crippen LogP contribution in [0.4, 0.5) is 11.4 Å². The molecule has 132 valence electrons. The first kappa shape index (κ1) is 16.3. The Morgan fingerprint density at radius 3 is 2.62 bits per heavy atom. The Morgan fingerprint density at radius 2 is 1.85 bits per heavy atom. The average Bonchev–Trinajstić information content (AvgIpc) is 3.21. The molecular formula is C20H21N5O. The lowest BCUT2D eigenvalue weighted by Crippen LogP contribution is -2.44. The van der Waals surface area contributed by atoms with E-state index in [4.69, 9.17) is 0 Å². The van der Waals surface area contributed by atoms with E-state index in [2.05, 4.69) is 28.5 Å². The van der Waals surface area contributed by atoms with E-state index in [9.17, 15) is 4.79 Å². The van der Waals surface area contributed by atoms with Crippen molar-refractivity contribution in [2.45, 2.75) is 25.8 Å². The van der Waals surface area contributed by atoms with Gasteiger partial charge in [0.05, 0.1) is 24.6 Å². The molecule has 6 heteroatoms. The molecule has 4 rings (SSSR count). The van der Waals surface area contributed by atoms with Gasteiger partial charge in [-0.3, -0.25) is 4.79 Å². The van der Waals surface area contributed by atoms with Gasteiger partial charge in [-0.05, 0) is 55.7 Å². The number of hydrogen-bond acceptors (Lipinski definition) is 4. The highest BCUT2D eigenvalue weighted by Gasteiger charge is 2.27. The summed E-state index contributed by atoms with van der Waals surface area (Å²) >= 11 is 0. The van der Waals surface area contributed by atoms with Crippen molar-refractivity contribution in [1.29, 1.82) is 0 Å².